The second kappa shape index (κ2) is 11.8. The van der Waals surface area contributed by atoms with E-state index in [1.165, 1.54) is 4.90 Å². The second-order valence-corrected chi connectivity index (χ2v) is 9.14. The van der Waals surface area contributed by atoms with E-state index in [4.69, 9.17) is 14.2 Å². The van der Waals surface area contributed by atoms with E-state index in [0.29, 0.717) is 35.7 Å². The Labute approximate surface area is 208 Å². The minimum absolute atomic E-state index is 0.113. The van der Waals surface area contributed by atoms with Gasteiger partial charge in [0.05, 0.1) is 31.9 Å². The summed E-state index contributed by atoms with van der Waals surface area (Å²) in [5.41, 5.74) is 1.28. The SMILES string of the molecule is COc1ccc([C@@H]2C/C=C/C[C@H](C)Oc3ccccc3C(=O)N(C)[C@H](C(C)C)C(=O)N2)c(OC)c1. The lowest BCUT2D eigenvalue weighted by Crippen LogP contribution is -2.51. The van der Waals surface area contributed by atoms with Crippen LogP contribution in [0.15, 0.2) is 54.6 Å². The van der Waals surface area contributed by atoms with Crippen LogP contribution in [0.2, 0.25) is 0 Å². The first-order chi connectivity index (χ1) is 16.8. The standard InChI is InChI=1S/C28H36N2O5/c1-18(2)26-27(31)29-23(21-16-15-20(33-5)17-25(21)34-6)13-9-7-11-19(3)35-24-14-10-8-12-22(24)28(32)30(26)4/h7-10,12,14-19,23,26H,11,13H2,1-6H3,(H,29,31)/b9-7+/t19-,23-,26+/m0/s1. The highest BCUT2D eigenvalue weighted by Crippen LogP contribution is 2.32. The van der Waals surface area contributed by atoms with Crippen molar-refractivity contribution in [2.24, 2.45) is 5.92 Å². The van der Waals surface area contributed by atoms with Gasteiger partial charge in [0.15, 0.2) is 0 Å². The zero-order chi connectivity index (χ0) is 25.5. The minimum atomic E-state index is -0.674. The van der Waals surface area contributed by atoms with Crippen molar-refractivity contribution in [2.75, 3.05) is 21.3 Å². The fourth-order valence-corrected chi connectivity index (χ4v) is 4.40. The molecule has 2 aromatic carbocycles. The van der Waals surface area contributed by atoms with E-state index >= 15 is 0 Å². The predicted molar refractivity (Wildman–Crippen MR) is 136 cm³/mol. The Kier molecular flexibility index (Phi) is 8.79. The average molecular weight is 481 g/mol. The van der Waals surface area contributed by atoms with Crippen LogP contribution in [0.1, 0.15) is 55.6 Å². The van der Waals surface area contributed by atoms with E-state index in [1.807, 2.05) is 51.1 Å². The lowest BCUT2D eigenvalue weighted by Gasteiger charge is -2.32. The Bertz CT molecular complexity index is 1070. The predicted octanol–water partition coefficient (Wildman–Crippen LogP) is 4.78. The zero-order valence-electron chi connectivity index (χ0n) is 21.4. The van der Waals surface area contributed by atoms with Crippen LogP contribution in [0, 0.1) is 5.92 Å². The van der Waals surface area contributed by atoms with E-state index in [-0.39, 0.29) is 29.9 Å². The number of benzene rings is 2. The fourth-order valence-electron chi connectivity index (χ4n) is 4.40. The largest absolute Gasteiger partial charge is 0.497 e. The third-order valence-corrected chi connectivity index (χ3v) is 6.22. The maximum atomic E-state index is 13.6. The van der Waals surface area contributed by atoms with Crippen molar-refractivity contribution in [3.63, 3.8) is 0 Å². The summed E-state index contributed by atoms with van der Waals surface area (Å²) < 4.78 is 17.1. The lowest BCUT2D eigenvalue weighted by atomic mass is 9.97. The van der Waals surface area contributed by atoms with Crippen molar-refractivity contribution in [1.82, 2.24) is 10.2 Å². The third kappa shape index (κ3) is 6.15. The molecule has 1 aliphatic rings. The molecular weight excluding hydrogens is 444 g/mol. The molecule has 2 amide bonds. The summed E-state index contributed by atoms with van der Waals surface area (Å²) in [6, 6.07) is 11.7. The Morgan fingerprint density at radius 2 is 1.74 bits per heavy atom. The summed E-state index contributed by atoms with van der Waals surface area (Å²) in [7, 11) is 4.86. The van der Waals surface area contributed by atoms with Gasteiger partial charge in [0, 0.05) is 25.1 Å². The molecule has 0 spiro atoms. The van der Waals surface area contributed by atoms with Crippen molar-refractivity contribution >= 4 is 11.8 Å². The van der Waals surface area contributed by atoms with Gasteiger partial charge in [-0.05, 0) is 43.5 Å². The van der Waals surface area contributed by atoms with Gasteiger partial charge in [0.25, 0.3) is 5.91 Å². The van der Waals surface area contributed by atoms with Gasteiger partial charge < -0.3 is 24.4 Å². The summed E-state index contributed by atoms with van der Waals surface area (Å²) in [5.74, 6) is 1.22. The quantitative estimate of drug-likeness (QED) is 0.638. The summed E-state index contributed by atoms with van der Waals surface area (Å²) in [6.45, 7) is 5.85. The fraction of sp³-hybridized carbons (Fsp3) is 0.429. The van der Waals surface area contributed by atoms with E-state index < -0.39 is 6.04 Å². The normalized spacial score (nSPS) is 22.5. The van der Waals surface area contributed by atoms with Gasteiger partial charge >= 0.3 is 0 Å². The number of hydrogen-bond acceptors (Lipinski definition) is 5. The van der Waals surface area contributed by atoms with Crippen molar-refractivity contribution in [2.45, 2.75) is 51.8 Å². The summed E-state index contributed by atoms with van der Waals surface area (Å²) in [6.07, 6.45) is 5.18. The van der Waals surface area contributed by atoms with E-state index in [9.17, 15) is 9.59 Å². The van der Waals surface area contributed by atoms with Gasteiger partial charge in [-0.1, -0.05) is 38.1 Å². The number of amides is 2. The molecule has 7 heteroatoms. The van der Waals surface area contributed by atoms with Crippen LogP contribution in [-0.4, -0.2) is 50.1 Å². The van der Waals surface area contributed by atoms with Gasteiger partial charge in [-0.2, -0.15) is 0 Å². The molecule has 0 fully saturated rings. The molecule has 188 valence electrons. The topological polar surface area (TPSA) is 77.1 Å². The highest BCUT2D eigenvalue weighted by Gasteiger charge is 2.33. The number of fused-ring (bicyclic) bond motifs is 1. The van der Waals surface area contributed by atoms with Crippen molar-refractivity contribution in [1.29, 1.82) is 0 Å². The Morgan fingerprint density at radius 1 is 1.03 bits per heavy atom. The molecule has 1 aliphatic heterocycles. The van der Waals surface area contributed by atoms with Crippen molar-refractivity contribution in [3.8, 4) is 17.2 Å². The average Bonchev–Trinajstić information content (AvgIpc) is 2.84. The monoisotopic (exact) mass is 480 g/mol. The maximum Gasteiger partial charge on any atom is 0.258 e. The van der Waals surface area contributed by atoms with Crippen molar-refractivity contribution < 1.29 is 23.8 Å². The molecule has 1 heterocycles. The molecule has 0 bridgehead atoms. The van der Waals surface area contributed by atoms with Crippen LogP contribution in [0.25, 0.3) is 0 Å². The zero-order valence-corrected chi connectivity index (χ0v) is 21.4. The smallest absolute Gasteiger partial charge is 0.258 e. The molecule has 0 aliphatic carbocycles. The molecule has 3 atom stereocenters. The molecule has 1 N–H and O–H groups in total. The van der Waals surface area contributed by atoms with Crippen LogP contribution in [0.5, 0.6) is 17.2 Å². The molecule has 7 nitrogen and oxygen atoms in total. The van der Waals surface area contributed by atoms with E-state index in [0.717, 1.165) is 5.56 Å². The van der Waals surface area contributed by atoms with Crippen LogP contribution < -0.4 is 19.5 Å². The van der Waals surface area contributed by atoms with Gasteiger partial charge in [0.1, 0.15) is 23.3 Å². The Balaban J connectivity index is 2.04. The Hall–Kier alpha value is -3.48. The number of rotatable bonds is 4. The number of nitrogens with zero attached hydrogens (tertiary/aromatic N) is 1. The molecule has 0 aromatic heterocycles. The second-order valence-electron chi connectivity index (χ2n) is 9.14. The number of carbonyl (C=O) groups excluding carboxylic acids is 2. The highest BCUT2D eigenvalue weighted by molar-refractivity contribution is 5.99. The van der Waals surface area contributed by atoms with Crippen LogP contribution in [0.4, 0.5) is 0 Å². The maximum absolute atomic E-state index is 13.6. The third-order valence-electron chi connectivity index (χ3n) is 6.22. The minimum Gasteiger partial charge on any atom is -0.497 e. The van der Waals surface area contributed by atoms with Gasteiger partial charge in [-0.3, -0.25) is 9.59 Å². The first kappa shape index (κ1) is 26.1. The number of likely N-dealkylation sites (N-methyl/N-ethyl adjacent to an activating group) is 1. The van der Waals surface area contributed by atoms with Gasteiger partial charge in [0.2, 0.25) is 5.91 Å². The first-order valence-electron chi connectivity index (χ1n) is 12.0. The van der Waals surface area contributed by atoms with Crippen molar-refractivity contribution in [3.05, 3.63) is 65.7 Å². The lowest BCUT2D eigenvalue weighted by molar-refractivity contribution is -0.127. The number of carbonyl (C=O) groups is 2. The molecule has 0 saturated carbocycles. The van der Waals surface area contributed by atoms with Crippen LogP contribution in [0.3, 0.4) is 0 Å². The molecule has 0 radical (unpaired) electrons. The summed E-state index contributed by atoms with van der Waals surface area (Å²) >= 11 is 0. The van der Waals surface area contributed by atoms with Crippen LogP contribution >= 0.6 is 0 Å². The molecule has 35 heavy (non-hydrogen) atoms. The number of para-hydroxylation sites is 1. The number of nitrogens with one attached hydrogen (secondary N) is 1. The number of hydrogen-bond donors (Lipinski definition) is 1. The van der Waals surface area contributed by atoms with Crippen LogP contribution in [-0.2, 0) is 4.79 Å². The first-order valence-corrected chi connectivity index (χ1v) is 12.0. The highest BCUT2D eigenvalue weighted by atomic mass is 16.5. The van der Waals surface area contributed by atoms with E-state index in [2.05, 4.69) is 5.32 Å². The number of methoxy groups -OCH3 is 2. The van der Waals surface area contributed by atoms with Gasteiger partial charge in [-0.25, -0.2) is 0 Å². The summed E-state index contributed by atoms with van der Waals surface area (Å²) in [4.78, 5) is 28.7. The molecule has 2 aromatic rings. The van der Waals surface area contributed by atoms with Gasteiger partial charge in [-0.15, -0.1) is 0 Å². The molecule has 0 unspecified atom stereocenters. The molecule has 0 saturated heterocycles. The molecular formula is C28H36N2O5. The number of ether oxygens (including phenoxy) is 3. The summed E-state index contributed by atoms with van der Waals surface area (Å²) in [5, 5.41) is 3.18. The van der Waals surface area contributed by atoms with E-state index in [1.54, 1.807) is 45.5 Å². The Morgan fingerprint density at radius 3 is 2.43 bits per heavy atom. The molecule has 3 rings (SSSR count).